The van der Waals surface area contributed by atoms with E-state index in [1.54, 1.807) is 0 Å². The van der Waals surface area contributed by atoms with Crippen LogP contribution in [-0.4, -0.2) is 32.2 Å². The van der Waals surface area contributed by atoms with E-state index < -0.39 is 0 Å². The minimum absolute atomic E-state index is 0.0637. The fourth-order valence-electron chi connectivity index (χ4n) is 2.73. The zero-order valence-corrected chi connectivity index (χ0v) is 11.8. The van der Waals surface area contributed by atoms with Crippen molar-refractivity contribution in [2.75, 3.05) is 0 Å². The molecule has 0 spiro atoms. The summed E-state index contributed by atoms with van der Waals surface area (Å²) in [6.45, 7) is 8.14. The van der Waals surface area contributed by atoms with Crippen LogP contribution in [0.1, 0.15) is 44.5 Å². The number of amides is 1. The second-order valence-corrected chi connectivity index (χ2v) is 6.06. The van der Waals surface area contributed by atoms with Crippen LogP contribution in [0.15, 0.2) is 6.20 Å². The van der Waals surface area contributed by atoms with Crippen molar-refractivity contribution in [3.05, 3.63) is 17.5 Å². The van der Waals surface area contributed by atoms with Gasteiger partial charge >= 0.3 is 0 Å². The Balaban J connectivity index is 2.47. The topological polar surface area (TPSA) is 64.2 Å². The van der Waals surface area contributed by atoms with E-state index in [1.807, 2.05) is 50.5 Å². The molecule has 1 fully saturated rings. The van der Waals surface area contributed by atoms with Gasteiger partial charge in [0, 0.05) is 36.3 Å². The lowest BCUT2D eigenvalue weighted by Crippen LogP contribution is -2.45. The molecule has 2 N–H and O–H groups in total. The van der Waals surface area contributed by atoms with Crippen molar-refractivity contribution in [1.82, 2.24) is 14.7 Å². The normalized spacial score (nSPS) is 25.0. The molecule has 2 rings (SSSR count). The number of nitrogens with zero attached hydrogens (tertiary/aromatic N) is 3. The lowest BCUT2D eigenvalue weighted by molar-refractivity contribution is -0.133. The highest BCUT2D eigenvalue weighted by atomic mass is 16.2. The number of aryl methyl sites for hydroxylation is 1. The molecule has 0 aliphatic carbocycles. The van der Waals surface area contributed by atoms with E-state index in [1.165, 1.54) is 0 Å². The molecule has 2 unspecified atom stereocenters. The maximum Gasteiger partial charge on any atom is 0.225 e. The molecule has 1 aliphatic heterocycles. The summed E-state index contributed by atoms with van der Waals surface area (Å²) in [6, 6.07) is -0.217. The molecule has 5 nitrogen and oxygen atoms in total. The molecule has 2 heterocycles. The van der Waals surface area contributed by atoms with Gasteiger partial charge in [-0.15, -0.1) is 0 Å². The molecule has 1 aromatic rings. The maximum atomic E-state index is 12.2. The van der Waals surface area contributed by atoms with E-state index >= 15 is 0 Å². The largest absolute Gasteiger partial charge is 0.329 e. The SMILES string of the molecule is Cc1c(C2C(N)CC(=O)N2C(C)(C)C)cnn1C. The van der Waals surface area contributed by atoms with Crippen LogP contribution in [0.3, 0.4) is 0 Å². The molecule has 5 heteroatoms. The molecule has 1 amide bonds. The smallest absolute Gasteiger partial charge is 0.225 e. The second-order valence-electron chi connectivity index (χ2n) is 6.06. The second kappa shape index (κ2) is 4.09. The summed E-state index contributed by atoms with van der Waals surface area (Å²) in [4.78, 5) is 14.1. The van der Waals surface area contributed by atoms with Crippen LogP contribution in [0.2, 0.25) is 0 Å². The zero-order chi connectivity index (χ0) is 13.7. The highest BCUT2D eigenvalue weighted by Crippen LogP contribution is 2.38. The predicted molar refractivity (Wildman–Crippen MR) is 69.9 cm³/mol. The van der Waals surface area contributed by atoms with Crippen molar-refractivity contribution >= 4 is 5.91 Å². The van der Waals surface area contributed by atoms with Crippen molar-refractivity contribution in [2.45, 2.75) is 51.7 Å². The standard InChI is InChI=1S/C13H22N4O/c1-8-9(7-15-16(8)5)12-10(14)6-11(18)17(12)13(2,3)4/h7,10,12H,6,14H2,1-5H3. The molecular weight excluding hydrogens is 228 g/mol. The molecule has 2 atom stereocenters. The van der Waals surface area contributed by atoms with Gasteiger partial charge < -0.3 is 10.6 Å². The summed E-state index contributed by atoms with van der Waals surface area (Å²) in [6.07, 6.45) is 2.24. The van der Waals surface area contributed by atoms with Gasteiger partial charge in [-0.05, 0) is 27.7 Å². The summed E-state index contributed by atoms with van der Waals surface area (Å²) in [5, 5.41) is 4.26. The molecule has 1 saturated heterocycles. The zero-order valence-electron chi connectivity index (χ0n) is 11.8. The van der Waals surface area contributed by atoms with E-state index in [4.69, 9.17) is 5.73 Å². The lowest BCUT2D eigenvalue weighted by Gasteiger charge is -2.38. The molecule has 0 radical (unpaired) electrons. The number of carbonyl (C=O) groups excluding carboxylic acids is 1. The van der Waals surface area contributed by atoms with Gasteiger partial charge in [0.1, 0.15) is 0 Å². The monoisotopic (exact) mass is 250 g/mol. The molecule has 100 valence electrons. The van der Waals surface area contributed by atoms with Gasteiger partial charge in [-0.2, -0.15) is 5.10 Å². The molecule has 1 aliphatic rings. The Kier molecular flexibility index (Phi) is 2.97. The minimum Gasteiger partial charge on any atom is -0.329 e. The fourth-order valence-corrected chi connectivity index (χ4v) is 2.73. The first kappa shape index (κ1) is 13.1. The van der Waals surface area contributed by atoms with Crippen LogP contribution in [-0.2, 0) is 11.8 Å². The quantitative estimate of drug-likeness (QED) is 0.812. The third-order valence-corrected chi connectivity index (χ3v) is 3.68. The average Bonchev–Trinajstić information content (AvgIpc) is 2.68. The minimum atomic E-state index is -0.224. The fraction of sp³-hybridized carbons (Fsp3) is 0.692. The van der Waals surface area contributed by atoms with Crippen molar-refractivity contribution in [2.24, 2.45) is 12.8 Å². The number of aromatic nitrogens is 2. The first-order chi connectivity index (χ1) is 8.23. The van der Waals surface area contributed by atoms with Gasteiger partial charge in [-0.1, -0.05) is 0 Å². The molecule has 0 saturated carbocycles. The number of hydrogen-bond acceptors (Lipinski definition) is 3. The van der Waals surface area contributed by atoms with Crippen molar-refractivity contribution in [3.63, 3.8) is 0 Å². The molecule has 0 bridgehead atoms. The molecule has 18 heavy (non-hydrogen) atoms. The van der Waals surface area contributed by atoms with Crippen LogP contribution in [0.5, 0.6) is 0 Å². The first-order valence-electron chi connectivity index (χ1n) is 6.29. The molecule has 0 aromatic carbocycles. The number of carbonyl (C=O) groups is 1. The summed E-state index contributed by atoms with van der Waals surface area (Å²) < 4.78 is 1.83. The van der Waals surface area contributed by atoms with E-state index in [2.05, 4.69) is 5.10 Å². The summed E-state index contributed by atoms with van der Waals surface area (Å²) in [5.74, 6) is 0.128. The first-order valence-corrected chi connectivity index (χ1v) is 6.29. The van der Waals surface area contributed by atoms with Crippen LogP contribution in [0.4, 0.5) is 0 Å². The third-order valence-electron chi connectivity index (χ3n) is 3.68. The van der Waals surface area contributed by atoms with Crippen LogP contribution in [0.25, 0.3) is 0 Å². The Bertz CT molecular complexity index is 472. The number of hydrogen-bond donors (Lipinski definition) is 1. The summed E-state index contributed by atoms with van der Waals surface area (Å²) in [5.41, 5.74) is 8.07. The van der Waals surface area contributed by atoms with Gasteiger partial charge in [-0.3, -0.25) is 9.48 Å². The van der Waals surface area contributed by atoms with Gasteiger partial charge in [0.25, 0.3) is 0 Å². The van der Waals surface area contributed by atoms with E-state index in [0.29, 0.717) is 6.42 Å². The predicted octanol–water partition coefficient (Wildman–Crippen LogP) is 1.13. The third kappa shape index (κ3) is 1.92. The van der Waals surface area contributed by atoms with Crippen molar-refractivity contribution in [3.8, 4) is 0 Å². The highest BCUT2D eigenvalue weighted by Gasteiger charge is 2.44. The van der Waals surface area contributed by atoms with Crippen LogP contribution >= 0.6 is 0 Å². The summed E-state index contributed by atoms with van der Waals surface area (Å²) >= 11 is 0. The van der Waals surface area contributed by atoms with E-state index in [9.17, 15) is 4.79 Å². The van der Waals surface area contributed by atoms with Crippen molar-refractivity contribution < 1.29 is 4.79 Å². The van der Waals surface area contributed by atoms with Crippen LogP contribution in [0, 0.1) is 6.92 Å². The van der Waals surface area contributed by atoms with E-state index in [0.717, 1.165) is 11.3 Å². The number of rotatable bonds is 1. The summed E-state index contributed by atoms with van der Waals surface area (Å²) in [7, 11) is 1.91. The van der Waals surface area contributed by atoms with Gasteiger partial charge in [0.15, 0.2) is 0 Å². The van der Waals surface area contributed by atoms with Gasteiger partial charge in [0.2, 0.25) is 5.91 Å². The number of nitrogens with two attached hydrogens (primary N) is 1. The Morgan fingerprint density at radius 3 is 2.50 bits per heavy atom. The molecule has 1 aromatic heterocycles. The lowest BCUT2D eigenvalue weighted by atomic mass is 9.97. The van der Waals surface area contributed by atoms with E-state index in [-0.39, 0.29) is 23.5 Å². The number of likely N-dealkylation sites (tertiary alicyclic amines) is 1. The maximum absolute atomic E-state index is 12.2. The van der Waals surface area contributed by atoms with Gasteiger partial charge in [-0.25, -0.2) is 0 Å². The Morgan fingerprint density at radius 1 is 1.44 bits per heavy atom. The van der Waals surface area contributed by atoms with Gasteiger partial charge in [0.05, 0.1) is 12.2 Å². The highest BCUT2D eigenvalue weighted by molar-refractivity contribution is 5.81. The molecular formula is C13H22N4O. The average molecular weight is 250 g/mol. The van der Waals surface area contributed by atoms with Crippen molar-refractivity contribution in [1.29, 1.82) is 0 Å². The Hall–Kier alpha value is -1.36. The Labute approximate surface area is 108 Å². The Morgan fingerprint density at radius 2 is 2.06 bits per heavy atom. The van der Waals surface area contributed by atoms with Crippen LogP contribution < -0.4 is 5.73 Å².